The molecule has 0 saturated carbocycles. The molecule has 13 heavy (non-hydrogen) atoms. The third kappa shape index (κ3) is 4.68. The lowest BCUT2D eigenvalue weighted by Gasteiger charge is -2.24. The van der Waals surface area contributed by atoms with Crippen molar-refractivity contribution in [3.8, 4) is 0 Å². The molecular formula is C10H20N2O. The van der Waals surface area contributed by atoms with Crippen molar-refractivity contribution < 1.29 is 4.79 Å². The molecule has 0 aliphatic heterocycles. The molecule has 0 bridgehead atoms. The van der Waals surface area contributed by atoms with Gasteiger partial charge in [-0.2, -0.15) is 0 Å². The molecular weight excluding hydrogens is 164 g/mol. The molecule has 2 N–H and O–H groups in total. The van der Waals surface area contributed by atoms with Gasteiger partial charge in [0.1, 0.15) is 0 Å². The molecule has 0 radical (unpaired) electrons. The average molecular weight is 184 g/mol. The van der Waals surface area contributed by atoms with Crippen molar-refractivity contribution in [3.63, 3.8) is 0 Å². The molecule has 0 heterocycles. The van der Waals surface area contributed by atoms with Crippen LogP contribution in [0.3, 0.4) is 0 Å². The van der Waals surface area contributed by atoms with Gasteiger partial charge >= 0.3 is 0 Å². The Kier molecular flexibility index (Phi) is 4.70. The molecule has 3 nitrogen and oxygen atoms in total. The first-order valence-corrected chi connectivity index (χ1v) is 4.58. The van der Waals surface area contributed by atoms with E-state index in [0.717, 1.165) is 12.1 Å². The minimum Gasteiger partial charge on any atom is -0.351 e. The minimum atomic E-state index is -0.496. The van der Waals surface area contributed by atoms with Gasteiger partial charge in [0, 0.05) is 6.54 Å². The summed E-state index contributed by atoms with van der Waals surface area (Å²) >= 11 is 0. The standard InChI is InChI=1S/C10H20N2O/c1-6-12-10(4,5)9(13)11-7-8(2)3/h12H,2,6-7H2,1,3-5H3,(H,11,13). The van der Waals surface area contributed by atoms with Crippen molar-refractivity contribution in [1.82, 2.24) is 10.6 Å². The number of rotatable bonds is 5. The summed E-state index contributed by atoms with van der Waals surface area (Å²) in [7, 11) is 0. The predicted molar refractivity (Wildman–Crippen MR) is 55.6 cm³/mol. The maximum atomic E-state index is 11.5. The van der Waals surface area contributed by atoms with E-state index in [4.69, 9.17) is 0 Å². The first-order valence-electron chi connectivity index (χ1n) is 4.58. The summed E-state index contributed by atoms with van der Waals surface area (Å²) in [6.45, 7) is 12.7. The van der Waals surface area contributed by atoms with Gasteiger partial charge in [-0.3, -0.25) is 4.79 Å². The van der Waals surface area contributed by atoms with Crippen molar-refractivity contribution in [3.05, 3.63) is 12.2 Å². The lowest BCUT2D eigenvalue weighted by Crippen LogP contribution is -2.52. The van der Waals surface area contributed by atoms with Crippen LogP contribution >= 0.6 is 0 Å². The highest BCUT2D eigenvalue weighted by Gasteiger charge is 2.25. The van der Waals surface area contributed by atoms with Crippen molar-refractivity contribution in [1.29, 1.82) is 0 Å². The molecule has 0 aliphatic carbocycles. The van der Waals surface area contributed by atoms with E-state index < -0.39 is 5.54 Å². The molecule has 0 aromatic carbocycles. The zero-order valence-corrected chi connectivity index (χ0v) is 9.03. The van der Waals surface area contributed by atoms with Crippen LogP contribution in [0.15, 0.2) is 12.2 Å². The van der Waals surface area contributed by atoms with Crippen LogP contribution in [0.1, 0.15) is 27.7 Å². The number of amides is 1. The smallest absolute Gasteiger partial charge is 0.239 e. The van der Waals surface area contributed by atoms with Gasteiger partial charge in [0.2, 0.25) is 5.91 Å². The molecule has 0 fully saturated rings. The first kappa shape index (κ1) is 12.2. The SMILES string of the molecule is C=C(C)CNC(=O)C(C)(C)NCC. The van der Waals surface area contributed by atoms with E-state index >= 15 is 0 Å². The summed E-state index contributed by atoms with van der Waals surface area (Å²) < 4.78 is 0. The van der Waals surface area contributed by atoms with Crippen LogP contribution in [0.2, 0.25) is 0 Å². The second-order valence-corrected chi connectivity index (χ2v) is 3.80. The highest BCUT2D eigenvalue weighted by molar-refractivity contribution is 5.85. The van der Waals surface area contributed by atoms with E-state index in [2.05, 4.69) is 17.2 Å². The number of hydrogen-bond acceptors (Lipinski definition) is 2. The molecule has 1 amide bonds. The topological polar surface area (TPSA) is 41.1 Å². The quantitative estimate of drug-likeness (QED) is 0.627. The maximum absolute atomic E-state index is 11.5. The van der Waals surface area contributed by atoms with Gasteiger partial charge in [-0.05, 0) is 27.3 Å². The number of carbonyl (C=O) groups is 1. The zero-order valence-electron chi connectivity index (χ0n) is 9.03. The molecule has 0 rings (SSSR count). The normalized spacial score (nSPS) is 11.1. The monoisotopic (exact) mass is 184 g/mol. The molecule has 0 spiro atoms. The van der Waals surface area contributed by atoms with E-state index in [-0.39, 0.29) is 5.91 Å². The van der Waals surface area contributed by atoms with Crippen molar-refractivity contribution in [2.24, 2.45) is 0 Å². The van der Waals surface area contributed by atoms with Gasteiger partial charge in [-0.25, -0.2) is 0 Å². The Morgan fingerprint density at radius 3 is 2.38 bits per heavy atom. The lowest BCUT2D eigenvalue weighted by molar-refractivity contribution is -0.126. The summed E-state index contributed by atoms with van der Waals surface area (Å²) in [5.41, 5.74) is 0.463. The fourth-order valence-corrected chi connectivity index (χ4v) is 0.974. The summed E-state index contributed by atoms with van der Waals surface area (Å²) in [6, 6.07) is 0. The Labute approximate surface area is 80.6 Å². The third-order valence-electron chi connectivity index (χ3n) is 1.74. The van der Waals surface area contributed by atoms with Crippen LogP contribution in [0, 0.1) is 0 Å². The van der Waals surface area contributed by atoms with Crippen LogP contribution in [-0.4, -0.2) is 24.5 Å². The predicted octanol–water partition coefficient (Wildman–Crippen LogP) is 1.07. The number of hydrogen-bond donors (Lipinski definition) is 2. The summed E-state index contributed by atoms with van der Waals surface area (Å²) in [5, 5.41) is 5.91. The largest absolute Gasteiger partial charge is 0.351 e. The molecule has 0 atom stereocenters. The van der Waals surface area contributed by atoms with E-state index in [1.807, 2.05) is 27.7 Å². The highest BCUT2D eigenvalue weighted by atomic mass is 16.2. The minimum absolute atomic E-state index is 0.0114. The molecule has 76 valence electrons. The van der Waals surface area contributed by atoms with Crippen LogP contribution < -0.4 is 10.6 Å². The van der Waals surface area contributed by atoms with Gasteiger partial charge in [0.15, 0.2) is 0 Å². The van der Waals surface area contributed by atoms with Crippen LogP contribution in [0.5, 0.6) is 0 Å². The molecule has 3 heteroatoms. The zero-order chi connectivity index (χ0) is 10.5. The summed E-state index contributed by atoms with van der Waals surface area (Å²) in [5.74, 6) is 0.0114. The molecule has 0 aliphatic rings. The second kappa shape index (κ2) is 5.02. The number of nitrogens with one attached hydrogen (secondary N) is 2. The Balaban J connectivity index is 4.01. The highest BCUT2D eigenvalue weighted by Crippen LogP contribution is 2.01. The maximum Gasteiger partial charge on any atom is 0.239 e. The summed E-state index contributed by atoms with van der Waals surface area (Å²) in [4.78, 5) is 11.5. The first-order chi connectivity index (χ1) is 5.90. The van der Waals surface area contributed by atoms with Crippen LogP contribution in [0.4, 0.5) is 0 Å². The number of carbonyl (C=O) groups excluding carboxylic acids is 1. The third-order valence-corrected chi connectivity index (χ3v) is 1.74. The van der Waals surface area contributed by atoms with Crippen molar-refractivity contribution in [2.45, 2.75) is 33.2 Å². The molecule has 0 aromatic rings. The molecule has 0 saturated heterocycles. The fourth-order valence-electron chi connectivity index (χ4n) is 0.974. The Morgan fingerprint density at radius 1 is 1.46 bits per heavy atom. The van der Waals surface area contributed by atoms with Gasteiger partial charge < -0.3 is 10.6 Å². The van der Waals surface area contributed by atoms with Gasteiger partial charge in [-0.15, -0.1) is 0 Å². The van der Waals surface area contributed by atoms with Crippen LogP contribution in [0.25, 0.3) is 0 Å². The summed E-state index contributed by atoms with van der Waals surface area (Å²) in [6.07, 6.45) is 0. The van der Waals surface area contributed by atoms with Gasteiger partial charge in [0.25, 0.3) is 0 Å². The van der Waals surface area contributed by atoms with E-state index in [9.17, 15) is 4.79 Å². The van der Waals surface area contributed by atoms with Crippen molar-refractivity contribution in [2.75, 3.05) is 13.1 Å². The van der Waals surface area contributed by atoms with E-state index in [1.54, 1.807) is 0 Å². The van der Waals surface area contributed by atoms with Gasteiger partial charge in [-0.1, -0.05) is 19.1 Å². The Hall–Kier alpha value is -0.830. The Bertz CT molecular complexity index is 197. The van der Waals surface area contributed by atoms with E-state index in [1.165, 1.54) is 0 Å². The van der Waals surface area contributed by atoms with E-state index in [0.29, 0.717) is 6.54 Å². The van der Waals surface area contributed by atoms with Gasteiger partial charge in [0.05, 0.1) is 5.54 Å². The van der Waals surface area contributed by atoms with Crippen molar-refractivity contribution >= 4 is 5.91 Å². The average Bonchev–Trinajstić information content (AvgIpc) is 1.99. The Morgan fingerprint density at radius 2 is 2.00 bits per heavy atom. The lowest BCUT2D eigenvalue weighted by atomic mass is 10.0. The molecule has 0 unspecified atom stereocenters. The van der Waals surface area contributed by atoms with Crippen LogP contribution in [-0.2, 0) is 4.79 Å². The fraction of sp³-hybridized carbons (Fsp3) is 0.700. The molecule has 0 aromatic heterocycles. The second-order valence-electron chi connectivity index (χ2n) is 3.80. The number of likely N-dealkylation sites (N-methyl/N-ethyl adjacent to an activating group) is 1.